The highest BCUT2D eigenvalue weighted by atomic mass is 16.5. The lowest BCUT2D eigenvalue weighted by Gasteiger charge is -2.17. The molecule has 0 radical (unpaired) electrons. The zero-order valence-electron chi connectivity index (χ0n) is 13.1. The Hall–Kier alpha value is -2.30. The number of likely N-dealkylation sites (N-methyl/N-ethyl adjacent to an activating group) is 1. The number of methoxy groups -OCH3 is 1. The van der Waals surface area contributed by atoms with Crippen LogP contribution in [0.2, 0.25) is 0 Å². The van der Waals surface area contributed by atoms with Crippen LogP contribution in [0.5, 0.6) is 5.75 Å². The van der Waals surface area contributed by atoms with E-state index >= 15 is 0 Å². The average molecular weight is 287 g/mol. The van der Waals surface area contributed by atoms with Gasteiger partial charge in [-0.2, -0.15) is 5.10 Å². The Morgan fingerprint density at radius 3 is 2.62 bits per heavy atom. The molecule has 0 aliphatic carbocycles. The first-order valence-corrected chi connectivity index (χ1v) is 6.86. The highest BCUT2D eigenvalue weighted by Gasteiger charge is 2.20. The van der Waals surface area contributed by atoms with E-state index in [1.54, 1.807) is 30.8 Å². The Bertz CT molecular complexity index is 647. The van der Waals surface area contributed by atoms with Crippen molar-refractivity contribution in [3.05, 3.63) is 36.0 Å². The number of carbonyl (C=O) groups is 1. The number of aromatic nitrogens is 2. The van der Waals surface area contributed by atoms with Gasteiger partial charge >= 0.3 is 0 Å². The molecule has 2 rings (SSSR count). The standard InChI is InChI=1S/C16H21N3O2/c1-11-10-19(12(2)16(20)18(3)4)17-15(11)13-8-6-7-9-14(13)21-5/h6-10,12H,1-5H3/t12-/m0/s1. The molecule has 1 heterocycles. The van der Waals surface area contributed by atoms with Crippen LogP contribution >= 0.6 is 0 Å². The lowest BCUT2D eigenvalue weighted by molar-refractivity contribution is -0.131. The molecule has 0 aliphatic heterocycles. The molecule has 0 unspecified atom stereocenters. The van der Waals surface area contributed by atoms with Gasteiger partial charge in [0.1, 0.15) is 11.8 Å². The molecule has 5 heteroatoms. The summed E-state index contributed by atoms with van der Waals surface area (Å²) in [5.74, 6) is 0.793. The molecule has 21 heavy (non-hydrogen) atoms. The quantitative estimate of drug-likeness (QED) is 0.868. The molecule has 5 nitrogen and oxygen atoms in total. The third-order valence-electron chi connectivity index (χ3n) is 3.47. The summed E-state index contributed by atoms with van der Waals surface area (Å²) in [6, 6.07) is 7.42. The molecule has 0 fully saturated rings. The molecule has 0 saturated carbocycles. The van der Waals surface area contributed by atoms with Crippen molar-refractivity contribution >= 4 is 5.91 Å². The largest absolute Gasteiger partial charge is 0.496 e. The van der Waals surface area contributed by atoms with Crippen LogP contribution in [0.25, 0.3) is 11.3 Å². The van der Waals surface area contributed by atoms with E-state index in [4.69, 9.17) is 4.74 Å². The van der Waals surface area contributed by atoms with Gasteiger partial charge in [-0.25, -0.2) is 0 Å². The summed E-state index contributed by atoms with van der Waals surface area (Å²) in [7, 11) is 5.13. The third kappa shape index (κ3) is 2.91. The van der Waals surface area contributed by atoms with Gasteiger partial charge in [0.15, 0.2) is 0 Å². The van der Waals surface area contributed by atoms with Crippen molar-refractivity contribution in [2.24, 2.45) is 0 Å². The summed E-state index contributed by atoms with van der Waals surface area (Å²) in [5.41, 5.74) is 2.78. The Morgan fingerprint density at radius 1 is 1.33 bits per heavy atom. The van der Waals surface area contributed by atoms with Crippen molar-refractivity contribution in [2.75, 3.05) is 21.2 Å². The highest BCUT2D eigenvalue weighted by molar-refractivity contribution is 5.79. The second-order valence-corrected chi connectivity index (χ2v) is 5.25. The zero-order chi connectivity index (χ0) is 15.6. The van der Waals surface area contributed by atoms with Gasteiger partial charge < -0.3 is 9.64 Å². The normalized spacial score (nSPS) is 12.0. The minimum Gasteiger partial charge on any atom is -0.496 e. The van der Waals surface area contributed by atoms with E-state index < -0.39 is 0 Å². The van der Waals surface area contributed by atoms with Crippen molar-refractivity contribution in [1.29, 1.82) is 0 Å². The van der Waals surface area contributed by atoms with Crippen LogP contribution in [0.1, 0.15) is 18.5 Å². The van der Waals surface area contributed by atoms with Gasteiger partial charge in [0.2, 0.25) is 5.91 Å². The second kappa shape index (κ2) is 5.99. The fraction of sp³-hybridized carbons (Fsp3) is 0.375. The molecule has 1 atom stereocenters. The number of nitrogens with zero attached hydrogens (tertiary/aromatic N) is 3. The highest BCUT2D eigenvalue weighted by Crippen LogP contribution is 2.31. The van der Waals surface area contributed by atoms with Gasteiger partial charge in [-0.3, -0.25) is 9.48 Å². The lowest BCUT2D eigenvalue weighted by atomic mass is 10.1. The number of hydrogen-bond donors (Lipinski definition) is 0. The van der Waals surface area contributed by atoms with E-state index in [9.17, 15) is 4.79 Å². The van der Waals surface area contributed by atoms with E-state index in [2.05, 4.69) is 5.10 Å². The van der Waals surface area contributed by atoms with Crippen LogP contribution < -0.4 is 4.74 Å². The number of hydrogen-bond acceptors (Lipinski definition) is 3. The lowest BCUT2D eigenvalue weighted by Crippen LogP contribution is -2.30. The van der Waals surface area contributed by atoms with Crippen molar-refractivity contribution < 1.29 is 9.53 Å². The number of rotatable bonds is 4. The fourth-order valence-corrected chi connectivity index (χ4v) is 2.27. The van der Waals surface area contributed by atoms with Gasteiger partial charge in [-0.15, -0.1) is 0 Å². The van der Waals surface area contributed by atoms with Crippen molar-refractivity contribution in [2.45, 2.75) is 19.9 Å². The Balaban J connectivity index is 2.42. The maximum atomic E-state index is 12.1. The fourth-order valence-electron chi connectivity index (χ4n) is 2.27. The first kappa shape index (κ1) is 15.1. The predicted molar refractivity (Wildman–Crippen MR) is 82.4 cm³/mol. The molecule has 2 aromatic rings. The zero-order valence-corrected chi connectivity index (χ0v) is 13.1. The number of carbonyl (C=O) groups excluding carboxylic acids is 1. The molecular weight excluding hydrogens is 266 g/mol. The van der Waals surface area contributed by atoms with E-state index in [-0.39, 0.29) is 11.9 Å². The van der Waals surface area contributed by atoms with Crippen molar-refractivity contribution in [3.8, 4) is 17.0 Å². The number of amides is 1. The summed E-state index contributed by atoms with van der Waals surface area (Å²) in [6.07, 6.45) is 1.90. The Labute approximate surface area is 125 Å². The number of ether oxygens (including phenoxy) is 1. The van der Waals surface area contributed by atoms with Crippen LogP contribution in [-0.2, 0) is 4.79 Å². The van der Waals surface area contributed by atoms with Crippen LogP contribution in [0.4, 0.5) is 0 Å². The van der Waals surface area contributed by atoms with Crippen LogP contribution in [-0.4, -0.2) is 41.8 Å². The summed E-state index contributed by atoms with van der Waals surface area (Å²) < 4.78 is 7.09. The minimum atomic E-state index is -0.331. The molecule has 0 bridgehead atoms. The summed E-state index contributed by atoms with van der Waals surface area (Å²) in [4.78, 5) is 13.6. The minimum absolute atomic E-state index is 0.0177. The smallest absolute Gasteiger partial charge is 0.246 e. The first-order valence-electron chi connectivity index (χ1n) is 6.86. The number of benzene rings is 1. The van der Waals surface area contributed by atoms with E-state index in [1.165, 1.54) is 0 Å². The molecule has 1 aromatic heterocycles. The molecule has 112 valence electrons. The van der Waals surface area contributed by atoms with Crippen molar-refractivity contribution in [1.82, 2.24) is 14.7 Å². The topological polar surface area (TPSA) is 47.4 Å². The summed E-state index contributed by atoms with van der Waals surface area (Å²) >= 11 is 0. The Kier molecular flexibility index (Phi) is 4.31. The molecular formula is C16H21N3O2. The average Bonchev–Trinajstić information content (AvgIpc) is 2.87. The van der Waals surface area contributed by atoms with Crippen LogP contribution in [0.15, 0.2) is 30.5 Å². The number of aryl methyl sites for hydroxylation is 1. The van der Waals surface area contributed by atoms with Gasteiger partial charge in [-0.1, -0.05) is 12.1 Å². The molecule has 0 aliphatic rings. The maximum absolute atomic E-state index is 12.1. The SMILES string of the molecule is COc1ccccc1-c1nn([C@@H](C)C(=O)N(C)C)cc1C. The second-order valence-electron chi connectivity index (χ2n) is 5.25. The molecule has 0 saturated heterocycles. The van der Waals surface area contributed by atoms with E-state index in [1.807, 2.05) is 44.3 Å². The maximum Gasteiger partial charge on any atom is 0.246 e. The molecule has 1 aromatic carbocycles. The van der Waals surface area contributed by atoms with E-state index in [0.717, 1.165) is 22.6 Å². The van der Waals surface area contributed by atoms with Gasteiger partial charge in [-0.05, 0) is 31.5 Å². The molecule has 1 amide bonds. The van der Waals surface area contributed by atoms with Gasteiger partial charge in [0, 0.05) is 25.9 Å². The van der Waals surface area contributed by atoms with Gasteiger partial charge in [0.25, 0.3) is 0 Å². The monoisotopic (exact) mass is 287 g/mol. The van der Waals surface area contributed by atoms with Gasteiger partial charge in [0.05, 0.1) is 12.8 Å². The molecule has 0 spiro atoms. The van der Waals surface area contributed by atoms with Crippen molar-refractivity contribution in [3.63, 3.8) is 0 Å². The summed E-state index contributed by atoms with van der Waals surface area (Å²) in [5, 5.41) is 4.58. The van der Waals surface area contributed by atoms with Crippen LogP contribution in [0, 0.1) is 6.92 Å². The number of para-hydroxylation sites is 1. The Morgan fingerprint density at radius 2 is 2.00 bits per heavy atom. The predicted octanol–water partition coefficient (Wildman–Crippen LogP) is 2.52. The first-order chi connectivity index (χ1) is 9.95. The van der Waals surface area contributed by atoms with Crippen LogP contribution in [0.3, 0.4) is 0 Å². The molecule has 0 N–H and O–H groups in total. The summed E-state index contributed by atoms with van der Waals surface area (Å²) in [6.45, 7) is 3.83. The van der Waals surface area contributed by atoms with E-state index in [0.29, 0.717) is 0 Å². The third-order valence-corrected chi connectivity index (χ3v) is 3.47.